The summed E-state index contributed by atoms with van der Waals surface area (Å²) in [6.45, 7) is 3.88. The first-order valence-electron chi connectivity index (χ1n) is 7.51. The molecule has 0 aromatic heterocycles. The Morgan fingerprint density at radius 1 is 1.45 bits per heavy atom. The fraction of sp³-hybridized carbons (Fsp3) is 0.625. The zero-order chi connectivity index (χ0) is 14.3. The fourth-order valence-electron chi connectivity index (χ4n) is 3.61. The molecule has 1 aromatic rings. The first-order valence-corrected chi connectivity index (χ1v) is 7.51. The summed E-state index contributed by atoms with van der Waals surface area (Å²) in [4.78, 5) is 4.78. The van der Waals surface area contributed by atoms with Crippen LogP contribution in [0.15, 0.2) is 24.3 Å². The highest BCUT2D eigenvalue weighted by atomic mass is 19.1. The van der Waals surface area contributed by atoms with Crippen molar-refractivity contribution in [2.24, 2.45) is 5.73 Å². The van der Waals surface area contributed by atoms with E-state index in [0.29, 0.717) is 12.6 Å². The number of halogens is 1. The van der Waals surface area contributed by atoms with Crippen molar-refractivity contribution in [2.75, 3.05) is 25.0 Å². The van der Waals surface area contributed by atoms with Gasteiger partial charge < -0.3 is 10.6 Å². The van der Waals surface area contributed by atoms with E-state index < -0.39 is 0 Å². The Kier molecular flexibility index (Phi) is 3.46. The van der Waals surface area contributed by atoms with E-state index in [0.717, 1.165) is 24.7 Å². The largest absolute Gasteiger partial charge is 0.366 e. The first kappa shape index (κ1) is 13.8. The molecule has 2 fully saturated rings. The monoisotopic (exact) mass is 277 g/mol. The number of likely N-dealkylation sites (N-methyl/N-ethyl adjacent to an activating group) is 1. The first-order chi connectivity index (χ1) is 9.55. The fourth-order valence-corrected chi connectivity index (χ4v) is 3.61. The summed E-state index contributed by atoms with van der Waals surface area (Å²) in [5, 5.41) is 0. The van der Waals surface area contributed by atoms with Crippen molar-refractivity contribution >= 4 is 5.69 Å². The van der Waals surface area contributed by atoms with E-state index in [1.165, 1.54) is 18.9 Å². The van der Waals surface area contributed by atoms with Gasteiger partial charge in [-0.25, -0.2) is 4.39 Å². The molecule has 0 radical (unpaired) electrons. The van der Waals surface area contributed by atoms with E-state index in [1.807, 2.05) is 13.1 Å². The van der Waals surface area contributed by atoms with Crippen molar-refractivity contribution in [2.45, 2.75) is 43.8 Å². The predicted molar refractivity (Wildman–Crippen MR) is 80.4 cm³/mol. The zero-order valence-electron chi connectivity index (χ0n) is 12.3. The quantitative estimate of drug-likeness (QED) is 0.916. The van der Waals surface area contributed by atoms with Crippen LogP contribution in [0.4, 0.5) is 10.1 Å². The van der Waals surface area contributed by atoms with Gasteiger partial charge in [-0.3, -0.25) is 4.90 Å². The van der Waals surface area contributed by atoms with Gasteiger partial charge in [-0.1, -0.05) is 6.07 Å². The Labute approximate surface area is 120 Å². The lowest BCUT2D eigenvalue weighted by atomic mass is 9.94. The molecule has 4 heteroatoms. The summed E-state index contributed by atoms with van der Waals surface area (Å²) in [5.74, 6) is -0.188. The lowest BCUT2D eigenvalue weighted by molar-refractivity contribution is 0.249. The maximum atomic E-state index is 13.5. The van der Waals surface area contributed by atoms with Crippen molar-refractivity contribution in [3.05, 3.63) is 30.1 Å². The SMILES string of the molecule is CC1CC(CN)(N(C)c2cccc(F)c2)CN1C1CC1. The second-order valence-corrected chi connectivity index (χ2v) is 6.42. The highest BCUT2D eigenvalue weighted by Gasteiger charge is 2.48. The van der Waals surface area contributed by atoms with Crippen LogP contribution in [0.25, 0.3) is 0 Å². The Morgan fingerprint density at radius 2 is 2.20 bits per heavy atom. The maximum Gasteiger partial charge on any atom is 0.125 e. The zero-order valence-corrected chi connectivity index (χ0v) is 12.3. The predicted octanol–water partition coefficient (Wildman–Crippen LogP) is 2.22. The molecule has 2 aliphatic rings. The number of anilines is 1. The number of nitrogens with zero attached hydrogens (tertiary/aromatic N) is 2. The molecule has 1 saturated heterocycles. The molecular formula is C16H24FN3. The van der Waals surface area contributed by atoms with Crippen molar-refractivity contribution in [1.29, 1.82) is 0 Å². The molecule has 0 bridgehead atoms. The van der Waals surface area contributed by atoms with Crippen LogP contribution >= 0.6 is 0 Å². The molecule has 1 saturated carbocycles. The summed E-state index contributed by atoms with van der Waals surface area (Å²) in [7, 11) is 2.05. The van der Waals surface area contributed by atoms with Gasteiger partial charge in [0.2, 0.25) is 0 Å². The summed E-state index contributed by atoms with van der Waals surface area (Å²) < 4.78 is 13.5. The molecule has 1 heterocycles. The van der Waals surface area contributed by atoms with Gasteiger partial charge >= 0.3 is 0 Å². The number of nitrogens with two attached hydrogens (primary N) is 1. The van der Waals surface area contributed by atoms with Crippen molar-refractivity contribution in [3.63, 3.8) is 0 Å². The third-order valence-electron chi connectivity index (χ3n) is 5.02. The van der Waals surface area contributed by atoms with Gasteiger partial charge in [0.15, 0.2) is 0 Å². The van der Waals surface area contributed by atoms with Crippen LogP contribution in [0, 0.1) is 5.82 Å². The van der Waals surface area contributed by atoms with Gasteiger partial charge in [0, 0.05) is 37.9 Å². The van der Waals surface area contributed by atoms with Crippen molar-refractivity contribution in [1.82, 2.24) is 4.90 Å². The summed E-state index contributed by atoms with van der Waals surface area (Å²) in [6.07, 6.45) is 3.68. The highest BCUT2D eigenvalue weighted by Crippen LogP contribution is 2.40. The number of likely N-dealkylation sites (tertiary alicyclic amines) is 1. The van der Waals surface area contributed by atoms with Crippen LogP contribution in [-0.4, -0.2) is 42.7 Å². The number of benzene rings is 1. The second kappa shape index (κ2) is 5.01. The van der Waals surface area contributed by atoms with E-state index in [2.05, 4.69) is 16.7 Å². The minimum Gasteiger partial charge on any atom is -0.366 e. The molecule has 3 nitrogen and oxygen atoms in total. The average molecular weight is 277 g/mol. The van der Waals surface area contributed by atoms with Gasteiger partial charge in [-0.15, -0.1) is 0 Å². The number of rotatable bonds is 4. The van der Waals surface area contributed by atoms with Gasteiger partial charge in [0.05, 0.1) is 5.54 Å². The van der Waals surface area contributed by atoms with Crippen LogP contribution in [-0.2, 0) is 0 Å². The maximum absolute atomic E-state index is 13.5. The Bertz CT molecular complexity index is 488. The van der Waals surface area contributed by atoms with E-state index in [9.17, 15) is 4.39 Å². The van der Waals surface area contributed by atoms with Gasteiger partial charge in [-0.2, -0.15) is 0 Å². The van der Waals surface area contributed by atoms with Crippen LogP contribution in [0.3, 0.4) is 0 Å². The van der Waals surface area contributed by atoms with E-state index in [-0.39, 0.29) is 11.4 Å². The second-order valence-electron chi connectivity index (χ2n) is 6.42. The molecule has 0 spiro atoms. The molecule has 20 heavy (non-hydrogen) atoms. The van der Waals surface area contributed by atoms with Crippen LogP contribution in [0.5, 0.6) is 0 Å². The van der Waals surface area contributed by atoms with Gasteiger partial charge in [-0.05, 0) is 44.4 Å². The molecule has 0 amide bonds. The Morgan fingerprint density at radius 3 is 2.80 bits per heavy atom. The lowest BCUT2D eigenvalue weighted by Gasteiger charge is -2.39. The minimum atomic E-state index is -0.188. The topological polar surface area (TPSA) is 32.5 Å². The summed E-state index contributed by atoms with van der Waals surface area (Å²) in [5.41, 5.74) is 6.97. The summed E-state index contributed by atoms with van der Waals surface area (Å²) in [6, 6.07) is 8.12. The highest BCUT2D eigenvalue weighted by molar-refractivity contribution is 5.49. The van der Waals surface area contributed by atoms with E-state index in [1.54, 1.807) is 12.1 Å². The van der Waals surface area contributed by atoms with Crippen molar-refractivity contribution < 1.29 is 4.39 Å². The van der Waals surface area contributed by atoms with Gasteiger partial charge in [0.25, 0.3) is 0 Å². The molecule has 2 N–H and O–H groups in total. The number of hydrogen-bond donors (Lipinski definition) is 1. The molecule has 3 rings (SSSR count). The van der Waals surface area contributed by atoms with Crippen molar-refractivity contribution in [3.8, 4) is 0 Å². The molecule has 1 aliphatic carbocycles. The molecule has 1 aromatic carbocycles. The van der Waals surface area contributed by atoms with E-state index in [4.69, 9.17) is 5.73 Å². The van der Waals surface area contributed by atoms with E-state index >= 15 is 0 Å². The van der Waals surface area contributed by atoms with Gasteiger partial charge in [0.1, 0.15) is 5.82 Å². The lowest BCUT2D eigenvalue weighted by Crippen LogP contribution is -2.54. The molecule has 1 aliphatic heterocycles. The smallest absolute Gasteiger partial charge is 0.125 e. The third-order valence-corrected chi connectivity index (χ3v) is 5.02. The molecule has 2 atom stereocenters. The molecule has 110 valence electrons. The average Bonchev–Trinajstić information content (AvgIpc) is 3.22. The Balaban J connectivity index is 1.85. The number of hydrogen-bond acceptors (Lipinski definition) is 3. The van der Waals surface area contributed by atoms with Crippen LogP contribution in [0.1, 0.15) is 26.2 Å². The normalized spacial score (nSPS) is 30.7. The standard InChI is InChI=1S/C16H24FN3/c1-12-9-16(10-18,11-20(12)14-6-7-14)19(2)15-5-3-4-13(17)8-15/h3-5,8,12,14H,6-7,9-11,18H2,1-2H3. The van der Waals surface area contributed by atoms with Crippen LogP contribution < -0.4 is 10.6 Å². The molecule has 2 unspecified atom stereocenters. The Hall–Kier alpha value is -1.13. The minimum absolute atomic E-state index is 0.0736. The third kappa shape index (κ3) is 2.31. The van der Waals surface area contributed by atoms with Crippen LogP contribution in [0.2, 0.25) is 0 Å². The summed E-state index contributed by atoms with van der Waals surface area (Å²) >= 11 is 0. The molecular weight excluding hydrogens is 253 g/mol.